The van der Waals surface area contributed by atoms with E-state index in [2.05, 4.69) is 20.6 Å². The molecule has 1 rings (SSSR count). The Morgan fingerprint density at radius 3 is 2.26 bits per heavy atom. The van der Waals surface area contributed by atoms with Crippen molar-refractivity contribution in [3.05, 3.63) is 18.2 Å². The summed E-state index contributed by atoms with van der Waals surface area (Å²) >= 11 is 0. The Morgan fingerprint density at radius 1 is 1.13 bits per heavy atom. The van der Waals surface area contributed by atoms with Crippen molar-refractivity contribution in [2.24, 2.45) is 5.92 Å². The van der Waals surface area contributed by atoms with Gasteiger partial charge in [-0.2, -0.15) is 0 Å². The van der Waals surface area contributed by atoms with Crippen molar-refractivity contribution in [1.29, 1.82) is 0 Å². The van der Waals surface area contributed by atoms with Crippen molar-refractivity contribution in [3.63, 3.8) is 0 Å². The smallest absolute Gasteiger partial charge is 0.326 e. The number of carbonyl (C=O) groups is 4. The molecule has 0 saturated heterocycles. The highest BCUT2D eigenvalue weighted by atomic mass is 16.4. The minimum Gasteiger partial charge on any atom is -0.481 e. The predicted molar refractivity (Wildman–Crippen MR) is 76.3 cm³/mol. The van der Waals surface area contributed by atoms with Crippen molar-refractivity contribution in [2.75, 3.05) is 0 Å². The van der Waals surface area contributed by atoms with E-state index in [1.165, 1.54) is 26.4 Å². The molecule has 2 amide bonds. The van der Waals surface area contributed by atoms with Crippen LogP contribution in [0.3, 0.4) is 0 Å². The zero-order chi connectivity index (χ0) is 17.6. The Hall–Kier alpha value is -2.91. The van der Waals surface area contributed by atoms with Gasteiger partial charge in [-0.05, 0) is 13.8 Å². The molecular formula is C13H18N4O6. The second-order valence-electron chi connectivity index (χ2n) is 4.95. The van der Waals surface area contributed by atoms with Gasteiger partial charge in [0.25, 0.3) is 0 Å². The number of nitrogens with one attached hydrogen (secondary N) is 3. The zero-order valence-corrected chi connectivity index (χ0v) is 12.6. The van der Waals surface area contributed by atoms with Gasteiger partial charge in [0, 0.05) is 12.6 Å². The number of hydrogen-bond acceptors (Lipinski definition) is 5. The number of H-pyrrole nitrogens is 1. The number of aromatic nitrogens is 2. The molecule has 0 saturated carbocycles. The van der Waals surface area contributed by atoms with Crippen LogP contribution in [0.25, 0.3) is 0 Å². The van der Waals surface area contributed by atoms with E-state index in [0.717, 1.165) is 0 Å². The third-order valence-electron chi connectivity index (χ3n) is 3.10. The molecule has 10 nitrogen and oxygen atoms in total. The highest BCUT2D eigenvalue weighted by Crippen LogP contribution is 2.01. The van der Waals surface area contributed by atoms with Gasteiger partial charge in [-0.1, -0.05) is 0 Å². The summed E-state index contributed by atoms with van der Waals surface area (Å²) < 4.78 is 0. The lowest BCUT2D eigenvalue weighted by Crippen LogP contribution is -2.52. The first-order valence-corrected chi connectivity index (χ1v) is 6.76. The molecule has 10 heteroatoms. The number of rotatable bonds is 8. The van der Waals surface area contributed by atoms with Gasteiger partial charge in [0.1, 0.15) is 18.0 Å². The van der Waals surface area contributed by atoms with Crippen LogP contribution < -0.4 is 10.6 Å². The Kier molecular flexibility index (Phi) is 6.24. The maximum Gasteiger partial charge on any atom is 0.326 e. The molecule has 0 aliphatic carbocycles. The van der Waals surface area contributed by atoms with Crippen LogP contribution in [-0.2, 0) is 25.6 Å². The van der Waals surface area contributed by atoms with E-state index in [1.807, 2.05) is 0 Å². The molecule has 1 heterocycles. The Morgan fingerprint density at radius 2 is 1.78 bits per heavy atom. The molecule has 0 spiro atoms. The van der Waals surface area contributed by atoms with Crippen molar-refractivity contribution in [2.45, 2.75) is 32.4 Å². The van der Waals surface area contributed by atoms with E-state index >= 15 is 0 Å². The van der Waals surface area contributed by atoms with Gasteiger partial charge >= 0.3 is 11.9 Å². The molecule has 23 heavy (non-hydrogen) atoms. The third-order valence-corrected chi connectivity index (χ3v) is 3.10. The van der Waals surface area contributed by atoms with Crippen LogP contribution in [0.4, 0.5) is 0 Å². The average molecular weight is 326 g/mol. The molecule has 0 aromatic carbocycles. The largest absolute Gasteiger partial charge is 0.481 e. The first kappa shape index (κ1) is 18.1. The monoisotopic (exact) mass is 326 g/mol. The Balaban J connectivity index is 2.62. The van der Waals surface area contributed by atoms with E-state index in [1.54, 1.807) is 0 Å². The molecule has 0 radical (unpaired) electrons. The third kappa shape index (κ3) is 5.41. The number of hydrogen-bond donors (Lipinski definition) is 5. The van der Waals surface area contributed by atoms with Crippen LogP contribution in [0.1, 0.15) is 19.5 Å². The molecule has 0 bridgehead atoms. The molecule has 3 atom stereocenters. The first-order chi connectivity index (χ1) is 10.7. The van der Waals surface area contributed by atoms with Crippen molar-refractivity contribution < 1.29 is 29.4 Å². The van der Waals surface area contributed by atoms with Gasteiger partial charge in [0.05, 0.1) is 12.0 Å². The molecule has 126 valence electrons. The summed E-state index contributed by atoms with van der Waals surface area (Å²) in [6.45, 7) is 2.51. The van der Waals surface area contributed by atoms with Crippen LogP contribution in [0.15, 0.2) is 12.5 Å². The Labute approximate surface area is 131 Å². The molecule has 0 aliphatic heterocycles. The standard InChI is InChI=1S/C13H18N4O6/c1-6(12(20)21)10(18)16-7(2)11(19)17-9(13(22)23)3-8-4-14-5-15-8/h4-7,9H,3H2,1-2H3,(H,14,15)(H,16,18)(H,17,19)(H,20,21)(H,22,23)/t6?,7-,9-/m1/s1. The summed E-state index contributed by atoms with van der Waals surface area (Å²) in [6.07, 6.45) is 2.85. The minimum absolute atomic E-state index is 0.0310. The molecule has 1 aromatic rings. The summed E-state index contributed by atoms with van der Waals surface area (Å²) in [4.78, 5) is 51.9. The number of carboxylic acids is 2. The normalized spacial score (nSPS) is 14.3. The lowest BCUT2D eigenvalue weighted by Gasteiger charge is -2.19. The number of carboxylic acid groups (broad SMARTS) is 2. The summed E-state index contributed by atoms with van der Waals surface area (Å²) in [6, 6.07) is -2.30. The van der Waals surface area contributed by atoms with E-state index in [0.29, 0.717) is 5.69 Å². The number of amides is 2. The molecular weight excluding hydrogens is 308 g/mol. The van der Waals surface area contributed by atoms with E-state index < -0.39 is 41.8 Å². The maximum atomic E-state index is 11.9. The second kappa shape index (κ2) is 7.92. The predicted octanol–water partition coefficient (Wildman–Crippen LogP) is -1.25. The van der Waals surface area contributed by atoms with Crippen LogP contribution in [0, 0.1) is 5.92 Å². The van der Waals surface area contributed by atoms with Crippen LogP contribution >= 0.6 is 0 Å². The summed E-state index contributed by atoms with van der Waals surface area (Å²) in [7, 11) is 0. The van der Waals surface area contributed by atoms with Gasteiger partial charge in [-0.3, -0.25) is 14.4 Å². The van der Waals surface area contributed by atoms with Gasteiger partial charge in [0.15, 0.2) is 0 Å². The molecule has 5 N–H and O–H groups in total. The SMILES string of the molecule is CC(C(=O)O)C(=O)N[C@H](C)C(=O)N[C@H](Cc1c[nH]cn1)C(=O)O. The van der Waals surface area contributed by atoms with Gasteiger partial charge in [-0.25, -0.2) is 9.78 Å². The van der Waals surface area contributed by atoms with E-state index in [9.17, 15) is 19.2 Å². The fourth-order valence-electron chi connectivity index (χ4n) is 1.62. The van der Waals surface area contributed by atoms with Crippen molar-refractivity contribution in [3.8, 4) is 0 Å². The lowest BCUT2D eigenvalue weighted by atomic mass is 10.1. The van der Waals surface area contributed by atoms with Crippen LogP contribution in [0.2, 0.25) is 0 Å². The fourth-order valence-corrected chi connectivity index (χ4v) is 1.62. The Bertz CT molecular complexity index is 585. The highest BCUT2D eigenvalue weighted by molar-refractivity contribution is 5.98. The fraction of sp³-hybridized carbons (Fsp3) is 0.462. The van der Waals surface area contributed by atoms with Crippen molar-refractivity contribution >= 4 is 23.8 Å². The number of nitrogens with zero attached hydrogens (tertiary/aromatic N) is 1. The maximum absolute atomic E-state index is 11.9. The van der Waals surface area contributed by atoms with Gasteiger partial charge < -0.3 is 25.8 Å². The number of imidazole rings is 1. The van der Waals surface area contributed by atoms with Crippen LogP contribution in [0.5, 0.6) is 0 Å². The quantitative estimate of drug-likeness (QED) is 0.373. The van der Waals surface area contributed by atoms with E-state index in [-0.39, 0.29) is 6.42 Å². The van der Waals surface area contributed by atoms with Gasteiger partial charge in [0.2, 0.25) is 11.8 Å². The average Bonchev–Trinajstić information content (AvgIpc) is 2.98. The molecule has 1 unspecified atom stereocenters. The number of aromatic amines is 1. The van der Waals surface area contributed by atoms with E-state index in [4.69, 9.17) is 10.2 Å². The molecule has 0 aliphatic rings. The summed E-state index contributed by atoms with van der Waals surface area (Å²) in [5.74, 6) is -5.46. The topological polar surface area (TPSA) is 161 Å². The number of aliphatic carboxylic acids is 2. The number of carbonyl (C=O) groups excluding carboxylic acids is 2. The molecule has 0 fully saturated rings. The second-order valence-corrected chi connectivity index (χ2v) is 4.95. The lowest BCUT2D eigenvalue weighted by molar-refractivity contribution is -0.147. The molecule has 1 aromatic heterocycles. The van der Waals surface area contributed by atoms with Crippen molar-refractivity contribution in [1.82, 2.24) is 20.6 Å². The minimum atomic E-state index is -1.32. The zero-order valence-electron chi connectivity index (χ0n) is 12.6. The first-order valence-electron chi connectivity index (χ1n) is 6.76. The summed E-state index contributed by atoms with van der Waals surface area (Å²) in [5, 5.41) is 22.3. The summed E-state index contributed by atoms with van der Waals surface area (Å²) in [5.41, 5.74) is 0.453. The van der Waals surface area contributed by atoms with Crippen LogP contribution in [-0.4, -0.2) is 56.0 Å². The highest BCUT2D eigenvalue weighted by Gasteiger charge is 2.27. The van der Waals surface area contributed by atoms with Gasteiger partial charge in [-0.15, -0.1) is 0 Å².